The third-order valence-corrected chi connectivity index (χ3v) is 3.27. The molecule has 0 amide bonds. The fourth-order valence-corrected chi connectivity index (χ4v) is 2.29. The Labute approximate surface area is 100 Å². The number of nitrogens with two attached hydrogens (primary N) is 1. The zero-order valence-corrected chi connectivity index (χ0v) is 10.1. The van der Waals surface area contributed by atoms with Crippen LogP contribution in [0.1, 0.15) is 32.0 Å². The third-order valence-electron chi connectivity index (χ3n) is 3.27. The van der Waals surface area contributed by atoms with Crippen molar-refractivity contribution in [3.8, 4) is 5.88 Å². The highest BCUT2D eigenvalue weighted by atomic mass is 16.5. The van der Waals surface area contributed by atoms with Crippen LogP contribution < -0.4 is 16.0 Å². The molecule has 1 aromatic heterocycles. The quantitative estimate of drug-likeness (QED) is 0.813. The second kappa shape index (κ2) is 5.31. The summed E-state index contributed by atoms with van der Waals surface area (Å²) in [7, 11) is 0. The van der Waals surface area contributed by atoms with Gasteiger partial charge in [-0.1, -0.05) is 6.92 Å². The molecule has 0 aromatic carbocycles. The van der Waals surface area contributed by atoms with Crippen molar-refractivity contribution in [3.05, 3.63) is 22.2 Å². The molecule has 1 heterocycles. The summed E-state index contributed by atoms with van der Waals surface area (Å²) in [6.07, 6.45) is 4.04. The Balaban J connectivity index is 2.12. The first-order chi connectivity index (χ1) is 8.22. The largest absolute Gasteiger partial charge is 0.474 e. The number of aromatic nitrogens is 2. The molecule has 94 valence electrons. The van der Waals surface area contributed by atoms with Crippen molar-refractivity contribution >= 4 is 0 Å². The van der Waals surface area contributed by atoms with Gasteiger partial charge in [0.1, 0.15) is 11.9 Å². The summed E-state index contributed by atoms with van der Waals surface area (Å²) >= 11 is 0. The van der Waals surface area contributed by atoms with Crippen molar-refractivity contribution < 1.29 is 4.74 Å². The molecular weight excluding hydrogens is 218 g/mol. The number of ether oxygens (including phenoxy) is 1. The highest BCUT2D eigenvalue weighted by Gasteiger charge is 2.28. The van der Waals surface area contributed by atoms with Gasteiger partial charge in [-0.05, 0) is 25.8 Å². The van der Waals surface area contributed by atoms with Crippen molar-refractivity contribution in [2.24, 2.45) is 11.7 Å². The number of hydrogen-bond donors (Lipinski definition) is 2. The highest BCUT2D eigenvalue weighted by molar-refractivity contribution is 5.10. The van der Waals surface area contributed by atoms with Crippen LogP contribution in [0.25, 0.3) is 0 Å². The minimum absolute atomic E-state index is 0.110. The van der Waals surface area contributed by atoms with Crippen LogP contribution in [0.2, 0.25) is 0 Å². The summed E-state index contributed by atoms with van der Waals surface area (Å²) in [6, 6.07) is 1.41. The van der Waals surface area contributed by atoms with Crippen molar-refractivity contribution in [1.82, 2.24) is 9.97 Å². The first-order valence-electron chi connectivity index (χ1n) is 6.20. The lowest BCUT2D eigenvalue weighted by molar-refractivity contribution is 0.154. The zero-order valence-electron chi connectivity index (χ0n) is 10.1. The van der Waals surface area contributed by atoms with Crippen molar-refractivity contribution in [1.29, 1.82) is 0 Å². The number of aromatic amines is 1. The number of H-pyrrole nitrogens is 1. The molecule has 1 fully saturated rings. The van der Waals surface area contributed by atoms with Crippen LogP contribution in [0.3, 0.4) is 0 Å². The number of aryl methyl sites for hydroxylation is 1. The second-order valence-corrected chi connectivity index (χ2v) is 4.47. The monoisotopic (exact) mass is 237 g/mol. The van der Waals surface area contributed by atoms with Gasteiger partial charge in [-0.2, -0.15) is 0 Å². The van der Waals surface area contributed by atoms with Gasteiger partial charge in [-0.15, -0.1) is 0 Å². The summed E-state index contributed by atoms with van der Waals surface area (Å²) in [5.74, 6) is 1.48. The molecule has 0 bridgehead atoms. The lowest BCUT2D eigenvalue weighted by Crippen LogP contribution is -2.28. The fraction of sp³-hybridized carbons (Fsp3) is 0.667. The Morgan fingerprint density at radius 2 is 2.41 bits per heavy atom. The molecule has 1 aliphatic rings. The number of hydrogen-bond acceptors (Lipinski definition) is 4. The molecule has 0 radical (unpaired) electrons. The lowest BCUT2D eigenvalue weighted by atomic mass is 10.1. The van der Waals surface area contributed by atoms with E-state index >= 15 is 0 Å². The van der Waals surface area contributed by atoms with Gasteiger partial charge in [0, 0.05) is 12.3 Å². The van der Waals surface area contributed by atoms with Crippen LogP contribution in [0.15, 0.2) is 10.9 Å². The van der Waals surface area contributed by atoms with Crippen LogP contribution in [0.4, 0.5) is 0 Å². The van der Waals surface area contributed by atoms with E-state index in [0.717, 1.165) is 19.3 Å². The summed E-state index contributed by atoms with van der Waals surface area (Å²) < 4.78 is 5.79. The van der Waals surface area contributed by atoms with E-state index in [4.69, 9.17) is 10.5 Å². The summed E-state index contributed by atoms with van der Waals surface area (Å²) in [5, 5.41) is 0. The smallest absolute Gasteiger partial charge is 0.254 e. The van der Waals surface area contributed by atoms with E-state index in [2.05, 4.69) is 9.97 Å². The van der Waals surface area contributed by atoms with Crippen molar-refractivity contribution in [3.63, 3.8) is 0 Å². The van der Waals surface area contributed by atoms with E-state index in [-0.39, 0.29) is 11.7 Å². The minimum Gasteiger partial charge on any atom is -0.474 e. The topological polar surface area (TPSA) is 81.0 Å². The molecular formula is C12H19N3O2. The average Bonchev–Trinajstić information content (AvgIpc) is 2.75. The maximum Gasteiger partial charge on any atom is 0.254 e. The summed E-state index contributed by atoms with van der Waals surface area (Å²) in [6.45, 7) is 2.58. The third kappa shape index (κ3) is 2.85. The van der Waals surface area contributed by atoms with E-state index in [1.165, 1.54) is 6.07 Å². The first kappa shape index (κ1) is 12.1. The van der Waals surface area contributed by atoms with Crippen LogP contribution in [-0.2, 0) is 6.42 Å². The fourth-order valence-electron chi connectivity index (χ4n) is 2.29. The van der Waals surface area contributed by atoms with Gasteiger partial charge in [0.25, 0.3) is 5.56 Å². The van der Waals surface area contributed by atoms with E-state index in [1.54, 1.807) is 0 Å². The van der Waals surface area contributed by atoms with E-state index in [0.29, 0.717) is 30.6 Å². The molecule has 2 atom stereocenters. The molecule has 0 spiro atoms. The van der Waals surface area contributed by atoms with Gasteiger partial charge in [-0.25, -0.2) is 4.98 Å². The van der Waals surface area contributed by atoms with Crippen molar-refractivity contribution in [2.75, 3.05) is 6.54 Å². The zero-order chi connectivity index (χ0) is 12.3. The van der Waals surface area contributed by atoms with Gasteiger partial charge in [-0.3, -0.25) is 4.79 Å². The van der Waals surface area contributed by atoms with E-state index in [9.17, 15) is 4.79 Å². The Morgan fingerprint density at radius 3 is 3.12 bits per heavy atom. The molecule has 17 heavy (non-hydrogen) atoms. The molecule has 5 heteroatoms. The van der Waals surface area contributed by atoms with Crippen LogP contribution in [0, 0.1) is 5.92 Å². The maximum absolute atomic E-state index is 11.4. The van der Waals surface area contributed by atoms with Gasteiger partial charge in [0.15, 0.2) is 0 Å². The predicted octanol–water partition coefficient (Wildman–Crippen LogP) is 0.839. The maximum atomic E-state index is 11.4. The SMILES string of the molecule is CCc1nc(OC2CCCC2CN)cc(=O)[nH]1. The number of nitrogens with zero attached hydrogens (tertiary/aromatic N) is 1. The van der Waals surface area contributed by atoms with Crippen molar-refractivity contribution in [2.45, 2.75) is 38.7 Å². The van der Waals surface area contributed by atoms with Gasteiger partial charge < -0.3 is 15.5 Å². The number of rotatable bonds is 4. The Kier molecular flexibility index (Phi) is 3.78. The Hall–Kier alpha value is -1.36. The molecule has 2 rings (SSSR count). The molecule has 0 saturated heterocycles. The van der Waals surface area contributed by atoms with Crippen LogP contribution in [0.5, 0.6) is 5.88 Å². The molecule has 3 N–H and O–H groups in total. The number of nitrogens with one attached hydrogen (secondary N) is 1. The van der Waals surface area contributed by atoms with Crippen LogP contribution >= 0.6 is 0 Å². The summed E-state index contributed by atoms with van der Waals surface area (Å²) in [4.78, 5) is 18.3. The second-order valence-electron chi connectivity index (χ2n) is 4.47. The van der Waals surface area contributed by atoms with E-state index < -0.39 is 0 Å². The predicted molar refractivity (Wildman–Crippen MR) is 65.0 cm³/mol. The molecule has 1 aliphatic carbocycles. The Morgan fingerprint density at radius 1 is 1.59 bits per heavy atom. The Bertz CT molecular complexity index is 430. The molecule has 1 aromatic rings. The molecule has 2 unspecified atom stereocenters. The van der Waals surface area contributed by atoms with E-state index in [1.807, 2.05) is 6.92 Å². The van der Waals surface area contributed by atoms with Gasteiger partial charge in [0.2, 0.25) is 5.88 Å². The first-order valence-corrected chi connectivity index (χ1v) is 6.20. The molecule has 0 aliphatic heterocycles. The lowest BCUT2D eigenvalue weighted by Gasteiger charge is -2.19. The van der Waals surface area contributed by atoms with Crippen LogP contribution in [-0.4, -0.2) is 22.6 Å². The summed E-state index contributed by atoms with van der Waals surface area (Å²) in [5.41, 5.74) is 5.54. The molecule has 5 nitrogen and oxygen atoms in total. The minimum atomic E-state index is -0.158. The average molecular weight is 237 g/mol. The molecule has 1 saturated carbocycles. The standard InChI is InChI=1S/C12H19N3O2/c1-2-10-14-11(16)6-12(15-10)17-9-5-3-4-8(9)7-13/h6,8-9H,2-5,7,13H2,1H3,(H,14,15,16). The highest BCUT2D eigenvalue weighted by Crippen LogP contribution is 2.27. The normalized spacial score (nSPS) is 23.9. The van der Waals surface area contributed by atoms with Gasteiger partial charge >= 0.3 is 0 Å². The van der Waals surface area contributed by atoms with Gasteiger partial charge in [0.05, 0.1) is 6.07 Å².